The predicted molar refractivity (Wildman–Crippen MR) is 86.4 cm³/mol. The third kappa shape index (κ3) is 5.14. The monoisotopic (exact) mass is 349 g/mol. The Morgan fingerprint density at radius 3 is 2.43 bits per heavy atom. The van der Waals surface area contributed by atoms with Gasteiger partial charge in [0.1, 0.15) is 17.0 Å². The zero-order valence-corrected chi connectivity index (χ0v) is 15.1. The van der Waals surface area contributed by atoms with Gasteiger partial charge < -0.3 is 9.29 Å². The number of thioether (sulfide) groups is 1. The molecule has 0 saturated heterocycles. The van der Waals surface area contributed by atoms with Gasteiger partial charge in [-0.1, -0.05) is 11.3 Å². The van der Waals surface area contributed by atoms with Crippen molar-refractivity contribution >= 4 is 43.4 Å². The van der Waals surface area contributed by atoms with Crippen molar-refractivity contribution in [2.24, 2.45) is 0 Å². The molecule has 0 radical (unpaired) electrons. The molecule has 0 atom stereocenters. The SMILES string of the molecule is CC[n+]1c(C)sc2cc(SC)c(OC)cc21.CS(=O)(=O)[O-]. The van der Waals surface area contributed by atoms with E-state index in [2.05, 4.69) is 36.8 Å². The van der Waals surface area contributed by atoms with Crippen LogP contribution in [0, 0.1) is 6.92 Å². The van der Waals surface area contributed by atoms with E-state index < -0.39 is 10.1 Å². The summed E-state index contributed by atoms with van der Waals surface area (Å²) < 4.78 is 36.3. The van der Waals surface area contributed by atoms with Crippen LogP contribution in [0.4, 0.5) is 0 Å². The fraction of sp³-hybridized carbons (Fsp3) is 0.462. The van der Waals surface area contributed by atoms with Crippen molar-refractivity contribution in [3.63, 3.8) is 0 Å². The molecule has 0 aliphatic heterocycles. The molecule has 21 heavy (non-hydrogen) atoms. The Morgan fingerprint density at radius 2 is 2.00 bits per heavy atom. The fourth-order valence-corrected chi connectivity index (χ4v) is 3.68. The fourth-order valence-electron chi connectivity index (χ4n) is 1.92. The smallest absolute Gasteiger partial charge is 0.235 e. The Hall–Kier alpha value is -0.830. The van der Waals surface area contributed by atoms with Crippen molar-refractivity contribution in [2.75, 3.05) is 19.6 Å². The molecule has 0 spiro atoms. The van der Waals surface area contributed by atoms with Crippen LogP contribution >= 0.6 is 23.1 Å². The van der Waals surface area contributed by atoms with Crippen LogP contribution in [0.25, 0.3) is 10.2 Å². The zero-order valence-electron chi connectivity index (χ0n) is 12.7. The Labute approximate surface area is 133 Å². The van der Waals surface area contributed by atoms with Gasteiger partial charge in [0.05, 0.1) is 28.2 Å². The number of hydrogen-bond acceptors (Lipinski definition) is 6. The number of aryl methyl sites for hydroxylation is 2. The van der Waals surface area contributed by atoms with Crippen LogP contribution in [0.2, 0.25) is 0 Å². The molecular weight excluding hydrogens is 330 g/mol. The zero-order chi connectivity index (χ0) is 16.2. The highest BCUT2D eigenvalue weighted by Gasteiger charge is 2.18. The molecule has 2 rings (SSSR count). The van der Waals surface area contributed by atoms with E-state index in [9.17, 15) is 0 Å². The molecule has 8 heteroatoms. The minimum Gasteiger partial charge on any atom is -0.748 e. The normalized spacial score (nSPS) is 11.1. The lowest BCUT2D eigenvalue weighted by molar-refractivity contribution is -0.669. The van der Waals surface area contributed by atoms with Gasteiger partial charge >= 0.3 is 0 Å². The Bertz CT molecular complexity index is 715. The second-order valence-electron chi connectivity index (χ2n) is 4.24. The minimum atomic E-state index is -3.92. The Morgan fingerprint density at radius 1 is 1.43 bits per heavy atom. The van der Waals surface area contributed by atoms with E-state index in [0.29, 0.717) is 6.26 Å². The summed E-state index contributed by atoms with van der Waals surface area (Å²) in [7, 11) is -2.18. The average Bonchev–Trinajstić information content (AvgIpc) is 2.69. The van der Waals surface area contributed by atoms with Gasteiger partial charge in [-0.2, -0.15) is 4.57 Å². The molecule has 5 nitrogen and oxygen atoms in total. The highest BCUT2D eigenvalue weighted by molar-refractivity contribution is 7.98. The molecule has 0 fully saturated rings. The molecule has 0 amide bonds. The molecular formula is C13H19NO4S3. The van der Waals surface area contributed by atoms with E-state index in [0.717, 1.165) is 12.3 Å². The highest BCUT2D eigenvalue weighted by Crippen LogP contribution is 2.33. The second-order valence-corrected chi connectivity index (χ2v) is 7.74. The molecule has 0 bridgehead atoms. The van der Waals surface area contributed by atoms with Crippen LogP contribution in [-0.4, -0.2) is 32.6 Å². The largest absolute Gasteiger partial charge is 0.748 e. The second kappa shape index (κ2) is 7.44. The Balaban J connectivity index is 0.000000383. The van der Waals surface area contributed by atoms with E-state index in [1.807, 2.05) is 11.3 Å². The summed E-state index contributed by atoms with van der Waals surface area (Å²) in [5.41, 5.74) is 1.28. The number of ether oxygens (including phenoxy) is 1. The van der Waals surface area contributed by atoms with Gasteiger partial charge in [0.25, 0.3) is 0 Å². The number of fused-ring (bicyclic) bond motifs is 1. The summed E-state index contributed by atoms with van der Waals surface area (Å²) in [6.07, 6.45) is 2.69. The summed E-state index contributed by atoms with van der Waals surface area (Å²) in [5.74, 6) is 0.972. The van der Waals surface area contributed by atoms with Crippen molar-refractivity contribution < 1.29 is 22.3 Å². The van der Waals surface area contributed by atoms with Gasteiger partial charge in [-0.15, -0.1) is 11.8 Å². The maximum absolute atomic E-state index is 9.08. The first kappa shape index (κ1) is 18.2. The van der Waals surface area contributed by atoms with Crippen LogP contribution in [0.3, 0.4) is 0 Å². The van der Waals surface area contributed by atoms with Crippen molar-refractivity contribution in [3.05, 3.63) is 17.1 Å². The third-order valence-corrected chi connectivity index (χ3v) is 4.53. The van der Waals surface area contributed by atoms with Gasteiger partial charge in [-0.05, 0) is 19.2 Å². The summed E-state index contributed by atoms with van der Waals surface area (Å²) in [4.78, 5) is 1.21. The van der Waals surface area contributed by atoms with Gasteiger partial charge in [-0.3, -0.25) is 0 Å². The molecule has 1 aromatic carbocycles. The van der Waals surface area contributed by atoms with Crippen molar-refractivity contribution in [1.29, 1.82) is 0 Å². The van der Waals surface area contributed by atoms with Crippen LogP contribution < -0.4 is 9.30 Å². The number of rotatable bonds is 3. The van der Waals surface area contributed by atoms with Crippen LogP contribution in [0.15, 0.2) is 17.0 Å². The first-order chi connectivity index (χ1) is 9.71. The van der Waals surface area contributed by atoms with E-state index in [4.69, 9.17) is 17.7 Å². The molecule has 0 N–H and O–H groups in total. The Kier molecular flexibility index (Phi) is 6.45. The molecule has 0 saturated carbocycles. The van der Waals surface area contributed by atoms with Crippen LogP contribution in [0.1, 0.15) is 11.9 Å². The lowest BCUT2D eigenvalue weighted by Crippen LogP contribution is -2.33. The maximum atomic E-state index is 9.08. The summed E-state index contributed by atoms with van der Waals surface area (Å²) in [6.45, 7) is 5.35. The van der Waals surface area contributed by atoms with Gasteiger partial charge in [-0.25, -0.2) is 8.42 Å². The number of nitrogens with zero attached hydrogens (tertiary/aromatic N) is 1. The minimum absolute atomic E-state index is 0.604. The van der Waals surface area contributed by atoms with Gasteiger partial charge in [0.15, 0.2) is 0 Å². The van der Waals surface area contributed by atoms with Crippen molar-refractivity contribution in [2.45, 2.75) is 25.3 Å². The molecule has 0 unspecified atom stereocenters. The number of thiazole rings is 1. The highest BCUT2D eigenvalue weighted by atomic mass is 32.2. The number of benzene rings is 1. The molecule has 2 aromatic rings. The van der Waals surface area contributed by atoms with Crippen molar-refractivity contribution in [3.8, 4) is 5.75 Å². The molecule has 0 aliphatic carbocycles. The van der Waals surface area contributed by atoms with E-state index >= 15 is 0 Å². The number of methoxy groups -OCH3 is 1. The first-order valence-corrected chi connectivity index (χ1v) is 10.0. The lowest BCUT2D eigenvalue weighted by Gasteiger charge is -2.04. The maximum Gasteiger partial charge on any atom is 0.235 e. The number of hydrogen-bond donors (Lipinski definition) is 0. The van der Waals surface area contributed by atoms with E-state index in [-0.39, 0.29) is 0 Å². The first-order valence-electron chi connectivity index (χ1n) is 6.17. The summed E-state index contributed by atoms with van der Waals surface area (Å²) in [5, 5.41) is 1.35. The van der Waals surface area contributed by atoms with Gasteiger partial charge in [0, 0.05) is 13.2 Å². The van der Waals surface area contributed by atoms with Gasteiger partial charge in [0.2, 0.25) is 10.5 Å². The molecule has 1 aromatic heterocycles. The van der Waals surface area contributed by atoms with E-state index in [1.54, 1.807) is 18.9 Å². The van der Waals surface area contributed by atoms with Crippen molar-refractivity contribution in [1.82, 2.24) is 0 Å². The van der Waals surface area contributed by atoms with Crippen LogP contribution in [-0.2, 0) is 16.7 Å². The average molecular weight is 349 g/mol. The summed E-state index contributed by atoms with van der Waals surface area (Å²) in [6, 6.07) is 4.37. The third-order valence-electron chi connectivity index (χ3n) is 2.71. The predicted octanol–water partition coefficient (Wildman–Crippen LogP) is 2.41. The lowest BCUT2D eigenvalue weighted by atomic mass is 10.3. The molecule has 1 heterocycles. The quantitative estimate of drug-likeness (QED) is 0.483. The molecule has 118 valence electrons. The topological polar surface area (TPSA) is 70.3 Å². The standard InChI is InChI=1S/C12H16NOS2.CH4O3S/c1-5-13-8(2)16-11-7-12(15-4)10(14-3)6-9(11)13;1-5(2,3)4/h6-7H,5H2,1-4H3;1H3,(H,2,3,4)/q+1;/p-1. The van der Waals surface area contributed by atoms with Crippen LogP contribution in [0.5, 0.6) is 5.75 Å². The van der Waals surface area contributed by atoms with E-state index in [1.165, 1.54) is 20.1 Å². The number of aromatic nitrogens is 1. The molecule has 0 aliphatic rings. The summed E-state index contributed by atoms with van der Waals surface area (Å²) >= 11 is 3.58.